The average Bonchev–Trinajstić information content (AvgIpc) is 4.10. The summed E-state index contributed by atoms with van der Waals surface area (Å²) in [6, 6.07) is -0.465. The van der Waals surface area contributed by atoms with Crippen molar-refractivity contribution in [2.45, 2.75) is 173 Å². The molecule has 0 aromatic carbocycles. The summed E-state index contributed by atoms with van der Waals surface area (Å²) in [6.07, 6.45) is 7.03. The predicted molar refractivity (Wildman–Crippen MR) is 249 cm³/mol. The topological polar surface area (TPSA) is 281 Å². The number of carboxylic acids is 1. The molecule has 0 bridgehead atoms. The number of ether oxygens (including phenoxy) is 2. The second kappa shape index (κ2) is 17.9. The van der Waals surface area contributed by atoms with E-state index in [0.717, 1.165) is 31.4 Å². The van der Waals surface area contributed by atoms with E-state index in [1.54, 1.807) is 12.5 Å². The zero-order valence-electron chi connectivity index (χ0n) is 41.0. The van der Waals surface area contributed by atoms with Crippen molar-refractivity contribution in [3.8, 4) is 0 Å². The third-order valence-electron chi connectivity index (χ3n) is 22.1. The molecule has 8 aliphatic rings. The number of nitrogens with two attached hydrogens (primary N) is 1. The van der Waals surface area contributed by atoms with E-state index in [9.17, 15) is 50.4 Å². The molecule has 3 heterocycles. The monoisotopic (exact) mass is 955 g/mol. The van der Waals surface area contributed by atoms with Gasteiger partial charge in [-0.2, -0.15) is 0 Å². The average molecular weight is 955 g/mol. The quantitative estimate of drug-likeness (QED) is 0.100. The summed E-state index contributed by atoms with van der Waals surface area (Å²) >= 11 is 0. The number of hydrogen-bond donors (Lipinski definition) is 11. The Morgan fingerprint density at radius 1 is 0.941 bits per heavy atom. The fraction of sp³-hybridized carbons (Fsp3) is 0.865. The van der Waals surface area contributed by atoms with Crippen molar-refractivity contribution in [2.24, 2.45) is 79.1 Å². The lowest BCUT2D eigenvalue weighted by Crippen LogP contribution is -2.75. The fourth-order valence-corrected chi connectivity index (χ4v) is 18.0. The number of aliphatic hydroxyl groups is 7. The first-order chi connectivity index (χ1) is 32.2. The van der Waals surface area contributed by atoms with Gasteiger partial charge >= 0.3 is 5.97 Å². The number of fused-ring (bicyclic) bond motifs is 8. The normalized spacial score (nSPS) is 49.0. The number of nitrogens with one attached hydrogen (secondary N) is 2. The highest BCUT2D eigenvalue weighted by Gasteiger charge is 2.78. The van der Waals surface area contributed by atoms with Gasteiger partial charge in [-0.1, -0.05) is 59.1 Å². The molecule has 1 amide bonds. The Morgan fingerprint density at radius 3 is 2.29 bits per heavy atom. The Morgan fingerprint density at radius 2 is 1.66 bits per heavy atom. The molecule has 16 heteroatoms. The Balaban J connectivity index is 1.23. The number of amides is 1. The Hall–Kier alpha value is -2.51. The van der Waals surface area contributed by atoms with Crippen LogP contribution < -0.4 is 11.1 Å². The molecule has 12 N–H and O–H groups in total. The fourth-order valence-electron chi connectivity index (χ4n) is 18.0. The highest BCUT2D eigenvalue weighted by Crippen LogP contribution is 2.83. The summed E-state index contributed by atoms with van der Waals surface area (Å²) in [4.78, 5) is 35.4. The van der Waals surface area contributed by atoms with Crippen molar-refractivity contribution >= 4 is 11.9 Å². The molecule has 20 unspecified atom stereocenters. The van der Waals surface area contributed by atoms with E-state index in [1.807, 2.05) is 6.92 Å². The standard InChI is InChI=1S/C52H82N4O12/c1-46(25-58)14-16-52(45(65)66)17-15-48(3)31(33(52)20-46)10-11-36-49(4)32(19-29-30(23-57)43(64)56-38(29)28(9-8-18-53)34-22-54-27-55-34)39(61)42(68-44-41(63)40(62)35(60)24-67-44)47(2,26-59)37(49)21-51(50(36,48)5)12-6-7-13-51/h10,22,27-30,32-33,35-42,44,57-63H,6-9,11-21,23-26,53H2,1-5H3,(H,54,55)(H,56,64)(H,65,66). The highest BCUT2D eigenvalue weighted by atomic mass is 16.7. The van der Waals surface area contributed by atoms with E-state index < -0.39 is 106 Å². The molecular formula is C52H82N4O12. The minimum atomic E-state index is -1.65. The van der Waals surface area contributed by atoms with Crippen LogP contribution in [-0.4, -0.2) is 139 Å². The van der Waals surface area contributed by atoms with Crippen LogP contribution in [0.5, 0.6) is 0 Å². The van der Waals surface area contributed by atoms with E-state index in [4.69, 9.17) is 15.2 Å². The van der Waals surface area contributed by atoms with Crippen LogP contribution in [0.3, 0.4) is 0 Å². The Labute approximate surface area is 401 Å². The molecule has 0 radical (unpaired) electrons. The summed E-state index contributed by atoms with van der Waals surface area (Å²) in [5.41, 5.74) is 3.72. The zero-order valence-corrected chi connectivity index (χ0v) is 41.0. The second-order valence-corrected chi connectivity index (χ2v) is 24.6. The third kappa shape index (κ3) is 7.05. The molecule has 382 valence electrons. The number of aromatic amines is 1. The molecule has 20 atom stereocenters. The summed E-state index contributed by atoms with van der Waals surface area (Å²) in [5.74, 6) is -3.83. The molecule has 1 aromatic heterocycles. The van der Waals surface area contributed by atoms with Gasteiger partial charge in [0.05, 0.1) is 49.7 Å². The van der Waals surface area contributed by atoms with E-state index in [2.05, 4.69) is 49.1 Å². The molecule has 68 heavy (non-hydrogen) atoms. The van der Waals surface area contributed by atoms with Gasteiger partial charge in [0.2, 0.25) is 5.91 Å². The lowest BCUT2D eigenvalue weighted by molar-refractivity contribution is -0.351. The van der Waals surface area contributed by atoms with E-state index in [-0.39, 0.29) is 54.8 Å². The van der Waals surface area contributed by atoms with E-state index in [0.29, 0.717) is 70.8 Å². The lowest BCUT2D eigenvalue weighted by atomic mass is 9.26. The van der Waals surface area contributed by atoms with E-state index >= 15 is 0 Å². The Bertz CT molecular complexity index is 2050. The Kier molecular flexibility index (Phi) is 13.3. The first-order valence-electron chi connectivity index (χ1n) is 26.0. The van der Waals surface area contributed by atoms with Gasteiger partial charge in [-0.15, -0.1) is 0 Å². The lowest BCUT2D eigenvalue weighted by Gasteiger charge is -2.78. The molecule has 2 saturated heterocycles. The van der Waals surface area contributed by atoms with Crippen molar-refractivity contribution in [3.63, 3.8) is 0 Å². The highest BCUT2D eigenvalue weighted by molar-refractivity contribution is 5.82. The van der Waals surface area contributed by atoms with Crippen LogP contribution in [-0.2, 0) is 19.1 Å². The van der Waals surface area contributed by atoms with Crippen molar-refractivity contribution in [2.75, 3.05) is 33.0 Å². The van der Waals surface area contributed by atoms with Crippen molar-refractivity contribution in [3.05, 3.63) is 29.9 Å². The number of rotatable bonds is 13. The maximum atomic E-state index is 14.1. The van der Waals surface area contributed by atoms with Crippen LogP contribution in [0.2, 0.25) is 0 Å². The van der Waals surface area contributed by atoms with Crippen LogP contribution in [0.25, 0.3) is 0 Å². The summed E-state index contributed by atoms with van der Waals surface area (Å²) in [7, 11) is 0. The van der Waals surface area contributed by atoms with Crippen LogP contribution in [0, 0.1) is 73.4 Å². The molecule has 5 saturated carbocycles. The summed E-state index contributed by atoms with van der Waals surface area (Å²) < 4.78 is 12.7. The number of aliphatic hydroxyl groups excluding tert-OH is 7. The summed E-state index contributed by atoms with van der Waals surface area (Å²) in [6.45, 7) is 10.5. The smallest absolute Gasteiger partial charge is 0.310 e. The van der Waals surface area contributed by atoms with Crippen molar-refractivity contribution < 1.29 is 59.9 Å². The zero-order chi connectivity index (χ0) is 49.0. The molecule has 1 aromatic rings. The molecule has 9 rings (SSSR count). The van der Waals surface area contributed by atoms with E-state index in [1.165, 1.54) is 5.57 Å². The second-order valence-electron chi connectivity index (χ2n) is 24.6. The maximum absolute atomic E-state index is 14.1. The molecule has 16 nitrogen and oxygen atoms in total. The number of H-pyrrole nitrogens is 1. The van der Waals surface area contributed by atoms with Crippen molar-refractivity contribution in [1.29, 1.82) is 0 Å². The molecule has 7 fully saturated rings. The number of aromatic nitrogens is 2. The summed E-state index contributed by atoms with van der Waals surface area (Å²) in [5, 5.41) is 94.5. The minimum Gasteiger partial charge on any atom is -0.481 e. The number of carboxylic acid groups (broad SMARTS) is 1. The van der Waals surface area contributed by atoms with Gasteiger partial charge in [0.25, 0.3) is 0 Å². The molecule has 2 aliphatic heterocycles. The minimum absolute atomic E-state index is 0.0143. The van der Waals surface area contributed by atoms with Gasteiger partial charge in [0, 0.05) is 35.9 Å². The number of hydrogen-bond acceptors (Lipinski definition) is 13. The molecule has 1 spiro atoms. The van der Waals surface area contributed by atoms with Gasteiger partial charge in [0.15, 0.2) is 6.29 Å². The number of allylic oxidation sites excluding steroid dienone is 2. The number of carbonyl (C=O) groups excluding carboxylic acids is 1. The van der Waals surface area contributed by atoms with Gasteiger partial charge in [-0.05, 0) is 140 Å². The number of aliphatic carboxylic acids is 1. The molecule has 6 aliphatic carbocycles. The van der Waals surface area contributed by atoms with Gasteiger partial charge in [-0.3, -0.25) is 9.59 Å². The first kappa shape index (κ1) is 50.4. The van der Waals surface area contributed by atoms with Gasteiger partial charge in [-0.25, -0.2) is 4.98 Å². The van der Waals surface area contributed by atoms with Crippen molar-refractivity contribution in [1.82, 2.24) is 15.3 Å². The molecular weight excluding hydrogens is 873 g/mol. The third-order valence-corrected chi connectivity index (χ3v) is 22.1. The van der Waals surface area contributed by atoms with Gasteiger partial charge < -0.3 is 66.4 Å². The largest absolute Gasteiger partial charge is 0.481 e. The van der Waals surface area contributed by atoms with Gasteiger partial charge in [0.1, 0.15) is 18.3 Å². The number of nitrogens with zero attached hydrogens (tertiary/aromatic N) is 1. The van der Waals surface area contributed by atoms with Crippen LogP contribution in [0.15, 0.2) is 24.2 Å². The first-order valence-corrected chi connectivity index (χ1v) is 26.0. The SMILES string of the molecule is CC1(CO)CCC2(C(=O)O)CCC3(C)C(=CCC4C5(C)C(CC6C(CO)C(=O)NC6C(CCCN)c6cnc[nH]6)C(O)C(OC6OCC(O)C(O)C6O)C(C)(CO)C5CC5(CCCC5)C43C)C2C1. The maximum Gasteiger partial charge on any atom is 0.310 e. The van der Waals surface area contributed by atoms with Crippen LogP contribution in [0.4, 0.5) is 0 Å². The van der Waals surface area contributed by atoms with Crippen LogP contribution in [0.1, 0.15) is 136 Å². The predicted octanol–water partition coefficient (Wildman–Crippen LogP) is 3.37. The van der Waals surface area contributed by atoms with Crippen LogP contribution >= 0.6 is 0 Å². The number of imidazole rings is 1. The number of carbonyl (C=O) groups is 2.